The maximum atomic E-state index is 12.2. The van der Waals surface area contributed by atoms with Crippen molar-refractivity contribution in [1.29, 1.82) is 0 Å². The molecule has 0 aliphatic rings. The fraction of sp³-hybridized carbons (Fsp3) is 0.471. The molecule has 21 heavy (non-hydrogen) atoms. The average Bonchev–Trinajstić information content (AvgIpc) is 2.50. The quantitative estimate of drug-likeness (QED) is 0.767. The summed E-state index contributed by atoms with van der Waals surface area (Å²) in [5.74, 6) is 0.695. The molecule has 0 amide bonds. The van der Waals surface area contributed by atoms with Crippen LogP contribution in [0.25, 0.3) is 11.0 Å². The SMILES string of the molecule is CCN(CC)CCc1c(C)c2ccc(OC)cc2oc1=O. The van der Waals surface area contributed by atoms with Gasteiger partial charge in [0.05, 0.1) is 7.11 Å². The molecule has 2 rings (SSSR count). The highest BCUT2D eigenvalue weighted by Crippen LogP contribution is 2.24. The molecule has 0 N–H and O–H groups in total. The van der Waals surface area contributed by atoms with E-state index in [4.69, 9.17) is 9.15 Å². The Morgan fingerprint density at radius 1 is 1.24 bits per heavy atom. The van der Waals surface area contributed by atoms with E-state index >= 15 is 0 Å². The summed E-state index contributed by atoms with van der Waals surface area (Å²) in [5.41, 5.74) is 2.14. The van der Waals surface area contributed by atoms with E-state index in [-0.39, 0.29) is 5.63 Å². The Balaban J connectivity index is 2.39. The highest BCUT2D eigenvalue weighted by atomic mass is 16.5. The van der Waals surface area contributed by atoms with E-state index in [0.717, 1.165) is 42.6 Å². The zero-order valence-electron chi connectivity index (χ0n) is 13.2. The van der Waals surface area contributed by atoms with Gasteiger partial charge in [0.1, 0.15) is 11.3 Å². The van der Waals surface area contributed by atoms with Gasteiger partial charge in [0.2, 0.25) is 0 Å². The van der Waals surface area contributed by atoms with Crippen molar-refractivity contribution in [3.05, 3.63) is 39.7 Å². The lowest BCUT2D eigenvalue weighted by molar-refractivity contribution is 0.306. The van der Waals surface area contributed by atoms with Gasteiger partial charge in [-0.05, 0) is 44.1 Å². The Hall–Kier alpha value is -1.81. The topological polar surface area (TPSA) is 42.7 Å². The second-order valence-electron chi connectivity index (χ2n) is 5.13. The maximum absolute atomic E-state index is 12.2. The maximum Gasteiger partial charge on any atom is 0.339 e. The van der Waals surface area contributed by atoms with Crippen molar-refractivity contribution in [3.63, 3.8) is 0 Å². The third-order valence-corrected chi connectivity index (χ3v) is 4.07. The lowest BCUT2D eigenvalue weighted by atomic mass is 10.0. The minimum absolute atomic E-state index is 0.236. The summed E-state index contributed by atoms with van der Waals surface area (Å²) >= 11 is 0. The summed E-state index contributed by atoms with van der Waals surface area (Å²) in [6, 6.07) is 5.61. The molecule has 0 radical (unpaired) electrons. The minimum atomic E-state index is -0.236. The number of fused-ring (bicyclic) bond motifs is 1. The van der Waals surface area contributed by atoms with Crippen molar-refractivity contribution in [1.82, 2.24) is 4.90 Å². The second kappa shape index (κ2) is 6.76. The Labute approximate surface area is 125 Å². The van der Waals surface area contributed by atoms with Gasteiger partial charge < -0.3 is 14.1 Å². The van der Waals surface area contributed by atoms with Crippen LogP contribution in [0.5, 0.6) is 5.75 Å². The van der Waals surface area contributed by atoms with E-state index < -0.39 is 0 Å². The summed E-state index contributed by atoms with van der Waals surface area (Å²) in [6.45, 7) is 9.11. The van der Waals surface area contributed by atoms with Crippen LogP contribution in [0.15, 0.2) is 27.4 Å². The molecule has 0 spiro atoms. The van der Waals surface area contributed by atoms with Crippen LogP contribution in [-0.2, 0) is 6.42 Å². The van der Waals surface area contributed by atoms with Gasteiger partial charge in [-0.2, -0.15) is 0 Å². The summed E-state index contributed by atoms with van der Waals surface area (Å²) in [6.07, 6.45) is 0.720. The van der Waals surface area contributed by atoms with Gasteiger partial charge in [-0.3, -0.25) is 0 Å². The first-order valence-electron chi connectivity index (χ1n) is 7.43. The molecule has 1 heterocycles. The molecule has 1 aromatic heterocycles. The van der Waals surface area contributed by atoms with E-state index in [1.165, 1.54) is 0 Å². The van der Waals surface area contributed by atoms with E-state index in [0.29, 0.717) is 11.3 Å². The van der Waals surface area contributed by atoms with Crippen molar-refractivity contribution in [3.8, 4) is 5.75 Å². The van der Waals surface area contributed by atoms with Crippen LogP contribution in [0.1, 0.15) is 25.0 Å². The number of hydrogen-bond donors (Lipinski definition) is 0. The van der Waals surface area contributed by atoms with Crippen LogP contribution >= 0.6 is 0 Å². The van der Waals surface area contributed by atoms with Crippen LogP contribution in [0.3, 0.4) is 0 Å². The number of ether oxygens (including phenoxy) is 1. The summed E-state index contributed by atoms with van der Waals surface area (Å²) in [4.78, 5) is 14.5. The molecular weight excluding hydrogens is 266 g/mol. The largest absolute Gasteiger partial charge is 0.497 e. The first-order chi connectivity index (χ1) is 10.1. The fourth-order valence-corrected chi connectivity index (χ4v) is 2.60. The highest BCUT2D eigenvalue weighted by molar-refractivity contribution is 5.82. The van der Waals surface area contributed by atoms with Crippen LogP contribution < -0.4 is 10.4 Å². The first-order valence-corrected chi connectivity index (χ1v) is 7.43. The number of rotatable bonds is 6. The van der Waals surface area contributed by atoms with Crippen LogP contribution in [0.2, 0.25) is 0 Å². The van der Waals surface area contributed by atoms with Gasteiger partial charge in [0, 0.05) is 23.6 Å². The first kappa shape index (κ1) is 15.6. The molecule has 4 nitrogen and oxygen atoms in total. The normalized spacial score (nSPS) is 11.3. The molecule has 2 aromatic rings. The van der Waals surface area contributed by atoms with Crippen molar-refractivity contribution < 1.29 is 9.15 Å². The molecule has 0 aliphatic carbocycles. The highest BCUT2D eigenvalue weighted by Gasteiger charge is 2.12. The number of hydrogen-bond acceptors (Lipinski definition) is 4. The Kier molecular flexibility index (Phi) is 5.02. The van der Waals surface area contributed by atoms with E-state index in [1.54, 1.807) is 13.2 Å². The Morgan fingerprint density at radius 3 is 2.57 bits per heavy atom. The van der Waals surface area contributed by atoms with Crippen LogP contribution in [0.4, 0.5) is 0 Å². The van der Waals surface area contributed by atoms with Crippen LogP contribution in [-0.4, -0.2) is 31.6 Å². The third-order valence-electron chi connectivity index (χ3n) is 4.07. The van der Waals surface area contributed by atoms with Crippen LogP contribution in [0, 0.1) is 6.92 Å². The molecule has 0 saturated carbocycles. The smallest absolute Gasteiger partial charge is 0.339 e. The van der Waals surface area contributed by atoms with E-state index in [2.05, 4.69) is 18.7 Å². The van der Waals surface area contributed by atoms with E-state index in [9.17, 15) is 4.79 Å². The van der Waals surface area contributed by atoms with Gasteiger partial charge in [-0.15, -0.1) is 0 Å². The van der Waals surface area contributed by atoms with Gasteiger partial charge in [0.15, 0.2) is 0 Å². The molecule has 1 aromatic carbocycles. The zero-order valence-corrected chi connectivity index (χ0v) is 13.2. The predicted molar refractivity (Wildman–Crippen MR) is 85.3 cm³/mol. The lowest BCUT2D eigenvalue weighted by Crippen LogP contribution is -2.27. The average molecular weight is 289 g/mol. The molecular formula is C17H23NO3. The second-order valence-corrected chi connectivity index (χ2v) is 5.13. The lowest BCUT2D eigenvalue weighted by Gasteiger charge is -2.18. The molecule has 0 saturated heterocycles. The molecule has 0 fully saturated rings. The number of likely N-dealkylation sites (N-methyl/N-ethyl adjacent to an activating group) is 1. The van der Waals surface area contributed by atoms with Gasteiger partial charge >= 0.3 is 5.63 Å². The number of benzene rings is 1. The van der Waals surface area contributed by atoms with E-state index in [1.807, 2.05) is 19.1 Å². The molecule has 0 unspecified atom stereocenters. The zero-order chi connectivity index (χ0) is 15.4. The Bertz CT molecular complexity index is 672. The van der Waals surface area contributed by atoms with Crippen molar-refractivity contribution in [2.24, 2.45) is 0 Å². The van der Waals surface area contributed by atoms with Gasteiger partial charge in [0.25, 0.3) is 0 Å². The summed E-state index contributed by atoms with van der Waals surface area (Å²) < 4.78 is 10.6. The Morgan fingerprint density at radius 2 is 1.95 bits per heavy atom. The predicted octanol–water partition coefficient (Wildman–Crippen LogP) is 2.99. The molecule has 4 heteroatoms. The summed E-state index contributed by atoms with van der Waals surface area (Å²) in [5, 5.41) is 0.977. The fourth-order valence-electron chi connectivity index (χ4n) is 2.60. The number of nitrogens with zero attached hydrogens (tertiary/aromatic N) is 1. The molecule has 0 atom stereocenters. The standard InChI is InChI=1S/C17H23NO3/c1-5-18(6-2)10-9-15-12(3)14-8-7-13(20-4)11-16(14)21-17(15)19/h7-8,11H,5-6,9-10H2,1-4H3. The van der Waals surface area contributed by atoms with Crippen molar-refractivity contribution >= 4 is 11.0 Å². The molecule has 0 bridgehead atoms. The molecule has 114 valence electrons. The third kappa shape index (κ3) is 3.27. The summed E-state index contributed by atoms with van der Waals surface area (Å²) in [7, 11) is 1.60. The van der Waals surface area contributed by atoms with Crippen molar-refractivity contribution in [2.45, 2.75) is 27.2 Å². The minimum Gasteiger partial charge on any atom is -0.497 e. The monoisotopic (exact) mass is 289 g/mol. The van der Waals surface area contributed by atoms with Gasteiger partial charge in [-0.1, -0.05) is 13.8 Å². The van der Waals surface area contributed by atoms with Gasteiger partial charge in [-0.25, -0.2) is 4.79 Å². The number of methoxy groups -OCH3 is 1. The molecule has 0 aliphatic heterocycles. The number of aryl methyl sites for hydroxylation is 1. The van der Waals surface area contributed by atoms with Crippen molar-refractivity contribution in [2.75, 3.05) is 26.7 Å².